The van der Waals surface area contributed by atoms with Gasteiger partial charge in [0, 0.05) is 24.2 Å². The van der Waals surface area contributed by atoms with Crippen molar-refractivity contribution in [3.63, 3.8) is 0 Å². The fourth-order valence-electron chi connectivity index (χ4n) is 3.74. The number of nitrogens with zero attached hydrogens (tertiary/aromatic N) is 3. The van der Waals surface area contributed by atoms with Gasteiger partial charge in [-0.15, -0.1) is 0 Å². The minimum atomic E-state index is -0.0430. The molecule has 0 radical (unpaired) electrons. The maximum atomic E-state index is 13.8. The number of hydrogen-bond donors (Lipinski definition) is 0. The Morgan fingerprint density at radius 3 is 2.44 bits per heavy atom. The van der Waals surface area contributed by atoms with Gasteiger partial charge in [0.1, 0.15) is 0 Å². The van der Waals surface area contributed by atoms with Crippen molar-refractivity contribution in [2.75, 3.05) is 46.3 Å². The van der Waals surface area contributed by atoms with Crippen LogP contribution in [0.3, 0.4) is 0 Å². The van der Waals surface area contributed by atoms with E-state index in [-0.39, 0.29) is 5.91 Å². The highest BCUT2D eigenvalue weighted by molar-refractivity contribution is 7.22. The van der Waals surface area contributed by atoms with Crippen molar-refractivity contribution >= 4 is 43.4 Å². The number of rotatable bonds is 8. The van der Waals surface area contributed by atoms with Gasteiger partial charge in [-0.1, -0.05) is 47.7 Å². The molecule has 3 aromatic carbocycles. The molecule has 0 aliphatic rings. The van der Waals surface area contributed by atoms with Crippen LogP contribution in [0.15, 0.2) is 54.6 Å². The number of ether oxygens (including phenoxy) is 2. The van der Waals surface area contributed by atoms with E-state index >= 15 is 0 Å². The molecule has 0 fully saturated rings. The second-order valence-electron chi connectivity index (χ2n) is 7.81. The van der Waals surface area contributed by atoms with Gasteiger partial charge in [-0.25, -0.2) is 4.98 Å². The number of anilines is 1. The van der Waals surface area contributed by atoms with Crippen LogP contribution in [0.25, 0.3) is 21.0 Å². The van der Waals surface area contributed by atoms with Crippen LogP contribution in [-0.4, -0.2) is 57.2 Å². The van der Waals surface area contributed by atoms with Crippen molar-refractivity contribution < 1.29 is 14.3 Å². The third-order valence-corrected chi connectivity index (χ3v) is 6.41. The number of aromatic nitrogens is 1. The monoisotopic (exact) mass is 449 g/mol. The van der Waals surface area contributed by atoms with Crippen LogP contribution in [-0.2, 0) is 0 Å². The molecule has 0 saturated carbocycles. The first kappa shape index (κ1) is 22.0. The zero-order chi connectivity index (χ0) is 22.7. The van der Waals surface area contributed by atoms with Gasteiger partial charge >= 0.3 is 0 Å². The lowest BCUT2D eigenvalue weighted by molar-refractivity contribution is 0.0987. The van der Waals surface area contributed by atoms with Crippen molar-refractivity contribution in [3.8, 4) is 11.5 Å². The number of thiazole rings is 1. The number of benzene rings is 3. The SMILES string of the molecule is COc1cc2nc(N(CCCN(C)C)C(=O)c3cccc4ccccc34)sc2cc1OC. The largest absolute Gasteiger partial charge is 0.493 e. The highest BCUT2D eigenvalue weighted by Gasteiger charge is 2.23. The lowest BCUT2D eigenvalue weighted by Gasteiger charge is -2.21. The lowest BCUT2D eigenvalue weighted by Crippen LogP contribution is -2.33. The number of carbonyl (C=O) groups excluding carboxylic acids is 1. The third kappa shape index (κ3) is 4.40. The summed E-state index contributed by atoms with van der Waals surface area (Å²) in [6.07, 6.45) is 0.839. The molecule has 0 saturated heterocycles. The Labute approximate surface area is 192 Å². The van der Waals surface area contributed by atoms with Crippen molar-refractivity contribution in [1.82, 2.24) is 9.88 Å². The van der Waals surface area contributed by atoms with E-state index in [4.69, 9.17) is 14.5 Å². The number of methoxy groups -OCH3 is 2. The van der Waals surface area contributed by atoms with E-state index in [1.807, 2.05) is 68.7 Å². The highest BCUT2D eigenvalue weighted by atomic mass is 32.1. The van der Waals surface area contributed by atoms with E-state index in [2.05, 4.69) is 4.90 Å². The molecule has 0 aliphatic heterocycles. The van der Waals surface area contributed by atoms with Gasteiger partial charge in [0.2, 0.25) is 0 Å². The van der Waals surface area contributed by atoms with E-state index < -0.39 is 0 Å². The minimum Gasteiger partial charge on any atom is -0.493 e. The molecule has 0 spiro atoms. The molecular formula is C25H27N3O3S. The van der Waals surface area contributed by atoms with Gasteiger partial charge in [-0.05, 0) is 43.9 Å². The molecular weight excluding hydrogens is 422 g/mol. The molecule has 0 atom stereocenters. The maximum absolute atomic E-state index is 13.8. The molecule has 6 nitrogen and oxygen atoms in total. The molecule has 7 heteroatoms. The van der Waals surface area contributed by atoms with Gasteiger partial charge < -0.3 is 14.4 Å². The summed E-state index contributed by atoms with van der Waals surface area (Å²) < 4.78 is 11.8. The molecule has 0 N–H and O–H groups in total. The lowest BCUT2D eigenvalue weighted by atomic mass is 10.0. The van der Waals surface area contributed by atoms with Gasteiger partial charge in [0.15, 0.2) is 16.6 Å². The first-order chi connectivity index (χ1) is 15.5. The standard InChI is InChI=1S/C25H27N3O3S/c1-27(2)13-8-14-28(24(29)19-12-7-10-17-9-5-6-11-18(17)19)25-26-20-15-21(30-3)22(31-4)16-23(20)32-25/h5-7,9-12,15-16H,8,13-14H2,1-4H3. The van der Waals surface area contributed by atoms with Crippen molar-refractivity contribution in [2.24, 2.45) is 0 Å². The van der Waals surface area contributed by atoms with Gasteiger partial charge in [0.05, 0.1) is 24.4 Å². The number of fused-ring (bicyclic) bond motifs is 2. The summed E-state index contributed by atoms with van der Waals surface area (Å²) in [5, 5.41) is 2.67. The molecule has 166 valence electrons. The van der Waals surface area contributed by atoms with E-state index in [1.165, 1.54) is 11.3 Å². The van der Waals surface area contributed by atoms with Crippen LogP contribution >= 0.6 is 11.3 Å². The summed E-state index contributed by atoms with van der Waals surface area (Å²) in [5.41, 5.74) is 1.47. The summed E-state index contributed by atoms with van der Waals surface area (Å²) >= 11 is 1.49. The van der Waals surface area contributed by atoms with Crippen molar-refractivity contribution in [3.05, 3.63) is 60.2 Å². The third-order valence-electron chi connectivity index (χ3n) is 5.37. The highest BCUT2D eigenvalue weighted by Crippen LogP contribution is 2.38. The van der Waals surface area contributed by atoms with Gasteiger partial charge in [0.25, 0.3) is 5.91 Å². The first-order valence-corrected chi connectivity index (χ1v) is 11.3. The molecule has 0 aliphatic carbocycles. The van der Waals surface area contributed by atoms with Crippen LogP contribution in [0.2, 0.25) is 0 Å². The Balaban J connectivity index is 1.77. The Bertz CT molecular complexity index is 1210. The Kier molecular flexibility index (Phi) is 6.58. The molecule has 4 rings (SSSR count). The van der Waals surface area contributed by atoms with Crippen LogP contribution in [0.5, 0.6) is 11.5 Å². The second-order valence-corrected chi connectivity index (χ2v) is 8.82. The average molecular weight is 450 g/mol. The minimum absolute atomic E-state index is 0.0430. The van der Waals surface area contributed by atoms with Crippen LogP contribution in [0.4, 0.5) is 5.13 Å². The number of hydrogen-bond acceptors (Lipinski definition) is 6. The second kappa shape index (κ2) is 9.54. The van der Waals surface area contributed by atoms with Crippen molar-refractivity contribution in [2.45, 2.75) is 6.42 Å². The van der Waals surface area contributed by atoms with E-state index in [1.54, 1.807) is 19.1 Å². The Morgan fingerprint density at radius 1 is 0.969 bits per heavy atom. The molecule has 1 amide bonds. The van der Waals surface area contributed by atoms with Crippen LogP contribution < -0.4 is 14.4 Å². The van der Waals surface area contributed by atoms with Gasteiger partial charge in [-0.2, -0.15) is 0 Å². The molecule has 1 heterocycles. The predicted molar refractivity (Wildman–Crippen MR) is 132 cm³/mol. The normalized spacial score (nSPS) is 11.3. The number of carbonyl (C=O) groups is 1. The Morgan fingerprint density at radius 2 is 1.69 bits per heavy atom. The summed E-state index contributed by atoms with van der Waals surface area (Å²) in [4.78, 5) is 22.5. The number of amides is 1. The van der Waals surface area contributed by atoms with Gasteiger partial charge in [-0.3, -0.25) is 9.69 Å². The predicted octanol–water partition coefficient (Wildman–Crippen LogP) is 5.07. The molecule has 32 heavy (non-hydrogen) atoms. The van der Waals surface area contributed by atoms with E-state index in [9.17, 15) is 4.79 Å². The Hall–Kier alpha value is -3.16. The topological polar surface area (TPSA) is 54.9 Å². The fourth-order valence-corrected chi connectivity index (χ4v) is 4.74. The van der Waals surface area contributed by atoms with Crippen LogP contribution in [0, 0.1) is 0 Å². The summed E-state index contributed by atoms with van der Waals surface area (Å²) in [5.74, 6) is 1.23. The fraction of sp³-hybridized carbons (Fsp3) is 0.280. The summed E-state index contributed by atoms with van der Waals surface area (Å²) in [6.45, 7) is 1.46. The zero-order valence-corrected chi connectivity index (χ0v) is 19.6. The maximum Gasteiger partial charge on any atom is 0.260 e. The summed E-state index contributed by atoms with van der Waals surface area (Å²) in [6, 6.07) is 17.6. The molecule has 1 aromatic heterocycles. The van der Waals surface area contributed by atoms with Crippen LogP contribution in [0.1, 0.15) is 16.8 Å². The zero-order valence-electron chi connectivity index (χ0n) is 18.8. The smallest absolute Gasteiger partial charge is 0.260 e. The molecule has 0 unspecified atom stereocenters. The quantitative estimate of drug-likeness (QED) is 0.376. The average Bonchev–Trinajstić information content (AvgIpc) is 3.22. The molecule has 4 aromatic rings. The van der Waals surface area contributed by atoms with E-state index in [0.717, 1.165) is 34.0 Å². The first-order valence-electron chi connectivity index (χ1n) is 10.5. The summed E-state index contributed by atoms with van der Waals surface area (Å²) in [7, 11) is 7.29. The van der Waals surface area contributed by atoms with E-state index in [0.29, 0.717) is 28.7 Å². The van der Waals surface area contributed by atoms with Crippen molar-refractivity contribution in [1.29, 1.82) is 0 Å². The molecule has 0 bridgehead atoms.